The van der Waals surface area contributed by atoms with Crippen LogP contribution in [0.3, 0.4) is 0 Å². The highest BCUT2D eigenvalue weighted by Gasteiger charge is 2.26. The minimum absolute atomic E-state index is 0. The monoisotopic (exact) mass is 184 g/mol. The van der Waals surface area contributed by atoms with E-state index in [-0.39, 0.29) is 18.3 Å². The van der Waals surface area contributed by atoms with Crippen molar-refractivity contribution in [2.24, 2.45) is 11.7 Å². The Balaban J connectivity index is 0.000000810. The van der Waals surface area contributed by atoms with Crippen molar-refractivity contribution < 1.29 is 20.8 Å². The smallest absolute Gasteiger partial charge is 0.150 e. The second-order valence-corrected chi connectivity index (χ2v) is 4.73. The van der Waals surface area contributed by atoms with Gasteiger partial charge in [0.2, 0.25) is 0 Å². The Morgan fingerprint density at radius 2 is 2.10 bits per heavy atom. The predicted molar refractivity (Wildman–Crippen MR) is 35.8 cm³/mol. The SMILES string of the molecule is NCC1CCS(=O)(=O)C1.[Cl-]. The third-order valence-electron chi connectivity index (χ3n) is 1.66. The molecule has 1 atom stereocenters. The van der Waals surface area contributed by atoms with E-state index in [0.29, 0.717) is 18.1 Å². The molecule has 1 aliphatic heterocycles. The molecule has 1 unspecified atom stereocenters. The number of sulfone groups is 1. The van der Waals surface area contributed by atoms with Crippen molar-refractivity contribution in [2.45, 2.75) is 6.42 Å². The fraction of sp³-hybridized carbons (Fsp3) is 1.00. The maximum atomic E-state index is 10.7. The molecule has 0 spiro atoms. The molecule has 1 aliphatic rings. The molecule has 1 saturated heterocycles. The van der Waals surface area contributed by atoms with Gasteiger partial charge in [-0.05, 0) is 18.9 Å². The molecule has 2 N–H and O–H groups in total. The summed E-state index contributed by atoms with van der Waals surface area (Å²) in [5.74, 6) is 0.883. The fourth-order valence-electron chi connectivity index (χ4n) is 1.06. The van der Waals surface area contributed by atoms with Gasteiger partial charge in [-0.3, -0.25) is 0 Å². The molecule has 0 aromatic carbocycles. The quantitative estimate of drug-likeness (QED) is 0.458. The zero-order chi connectivity index (χ0) is 6.91. The minimum atomic E-state index is -2.69. The summed E-state index contributed by atoms with van der Waals surface area (Å²) in [5.41, 5.74) is 5.29. The molecule has 1 fully saturated rings. The number of halogens is 1. The molecule has 0 aromatic rings. The fourth-order valence-corrected chi connectivity index (χ4v) is 2.94. The van der Waals surface area contributed by atoms with Crippen molar-refractivity contribution in [2.75, 3.05) is 18.1 Å². The summed E-state index contributed by atoms with van der Waals surface area (Å²) in [7, 11) is -2.69. The third-order valence-corrected chi connectivity index (χ3v) is 3.50. The Hall–Kier alpha value is 0.200. The molecular formula is C5H11ClNO2S-. The minimum Gasteiger partial charge on any atom is -1.00 e. The Morgan fingerprint density at radius 1 is 1.50 bits per heavy atom. The van der Waals surface area contributed by atoms with Crippen molar-refractivity contribution >= 4 is 9.84 Å². The van der Waals surface area contributed by atoms with Crippen LogP contribution in [0.15, 0.2) is 0 Å². The second kappa shape index (κ2) is 3.55. The predicted octanol–water partition coefficient (Wildman–Crippen LogP) is -3.62. The Kier molecular flexibility index (Phi) is 3.62. The van der Waals surface area contributed by atoms with Crippen molar-refractivity contribution in [3.8, 4) is 0 Å². The summed E-state index contributed by atoms with van der Waals surface area (Å²) in [6.45, 7) is 0.513. The standard InChI is InChI=1S/C5H11NO2S.ClH/c6-3-5-1-2-9(7,8)4-5;/h5H,1-4,6H2;1H/p-1. The number of hydrogen-bond acceptors (Lipinski definition) is 3. The van der Waals surface area contributed by atoms with E-state index >= 15 is 0 Å². The van der Waals surface area contributed by atoms with Crippen LogP contribution in [-0.4, -0.2) is 26.5 Å². The topological polar surface area (TPSA) is 60.2 Å². The van der Waals surface area contributed by atoms with Crippen molar-refractivity contribution in [1.29, 1.82) is 0 Å². The normalized spacial score (nSPS) is 29.5. The van der Waals surface area contributed by atoms with Crippen LogP contribution >= 0.6 is 0 Å². The molecular weight excluding hydrogens is 174 g/mol. The van der Waals surface area contributed by atoms with Crippen LogP contribution in [0.4, 0.5) is 0 Å². The average molecular weight is 185 g/mol. The van der Waals surface area contributed by atoms with Crippen LogP contribution in [0.1, 0.15) is 6.42 Å². The van der Waals surface area contributed by atoms with Crippen molar-refractivity contribution in [3.63, 3.8) is 0 Å². The van der Waals surface area contributed by atoms with Gasteiger partial charge in [0.25, 0.3) is 0 Å². The summed E-state index contributed by atoms with van der Waals surface area (Å²) in [5, 5.41) is 0. The second-order valence-electron chi connectivity index (χ2n) is 2.50. The van der Waals surface area contributed by atoms with Crippen molar-refractivity contribution in [1.82, 2.24) is 0 Å². The van der Waals surface area contributed by atoms with E-state index in [4.69, 9.17) is 5.73 Å². The first kappa shape index (κ1) is 10.2. The Morgan fingerprint density at radius 3 is 2.30 bits per heavy atom. The largest absolute Gasteiger partial charge is 1.00 e. The molecule has 0 aromatic heterocycles. The van der Waals surface area contributed by atoms with Crippen LogP contribution in [0.5, 0.6) is 0 Å². The Bertz CT molecular complexity index is 190. The van der Waals surface area contributed by atoms with E-state index < -0.39 is 9.84 Å². The first-order valence-corrected chi connectivity index (χ1v) is 4.87. The van der Waals surface area contributed by atoms with E-state index in [1.807, 2.05) is 0 Å². The molecule has 0 bridgehead atoms. The van der Waals surface area contributed by atoms with Crippen LogP contribution < -0.4 is 18.1 Å². The van der Waals surface area contributed by atoms with Gasteiger partial charge in [-0.25, -0.2) is 8.42 Å². The van der Waals surface area contributed by atoms with E-state index in [1.165, 1.54) is 0 Å². The zero-order valence-corrected chi connectivity index (χ0v) is 7.16. The lowest BCUT2D eigenvalue weighted by Gasteiger charge is -1.98. The van der Waals surface area contributed by atoms with Crippen LogP contribution in [0, 0.1) is 5.92 Å². The highest BCUT2D eigenvalue weighted by molar-refractivity contribution is 7.91. The van der Waals surface area contributed by atoms with E-state index in [9.17, 15) is 8.42 Å². The number of rotatable bonds is 1. The molecule has 10 heavy (non-hydrogen) atoms. The highest BCUT2D eigenvalue weighted by Crippen LogP contribution is 2.16. The van der Waals surface area contributed by atoms with Crippen LogP contribution in [0.25, 0.3) is 0 Å². The molecule has 0 saturated carbocycles. The van der Waals surface area contributed by atoms with Gasteiger partial charge in [-0.15, -0.1) is 0 Å². The van der Waals surface area contributed by atoms with Gasteiger partial charge < -0.3 is 18.1 Å². The molecule has 0 radical (unpaired) electrons. The summed E-state index contributed by atoms with van der Waals surface area (Å²) in [6, 6.07) is 0. The van der Waals surface area contributed by atoms with Gasteiger partial charge in [0, 0.05) is 0 Å². The van der Waals surface area contributed by atoms with Gasteiger partial charge in [0.05, 0.1) is 11.5 Å². The first-order valence-electron chi connectivity index (χ1n) is 3.04. The summed E-state index contributed by atoms with van der Waals surface area (Å²) < 4.78 is 21.5. The van der Waals surface area contributed by atoms with Gasteiger partial charge in [-0.2, -0.15) is 0 Å². The molecule has 0 aliphatic carbocycles. The highest BCUT2D eigenvalue weighted by atomic mass is 35.5. The molecule has 1 heterocycles. The van der Waals surface area contributed by atoms with Crippen molar-refractivity contribution in [3.05, 3.63) is 0 Å². The van der Waals surface area contributed by atoms with E-state index in [2.05, 4.69) is 0 Å². The zero-order valence-electron chi connectivity index (χ0n) is 5.59. The number of hydrogen-bond donors (Lipinski definition) is 1. The molecule has 3 nitrogen and oxygen atoms in total. The number of nitrogens with two attached hydrogens (primary N) is 1. The molecule has 62 valence electrons. The lowest BCUT2D eigenvalue weighted by Crippen LogP contribution is -3.00. The third kappa shape index (κ3) is 2.44. The molecule has 0 amide bonds. The average Bonchev–Trinajstić information content (AvgIpc) is 2.10. The van der Waals surface area contributed by atoms with Gasteiger partial charge >= 0.3 is 0 Å². The summed E-state index contributed by atoms with van der Waals surface area (Å²) >= 11 is 0. The van der Waals surface area contributed by atoms with Gasteiger partial charge in [-0.1, -0.05) is 0 Å². The van der Waals surface area contributed by atoms with Gasteiger partial charge in [0.15, 0.2) is 9.84 Å². The van der Waals surface area contributed by atoms with E-state index in [0.717, 1.165) is 6.42 Å². The van der Waals surface area contributed by atoms with Gasteiger partial charge in [0.1, 0.15) is 0 Å². The molecule has 5 heteroatoms. The maximum Gasteiger partial charge on any atom is 0.150 e. The summed E-state index contributed by atoms with van der Waals surface area (Å²) in [4.78, 5) is 0. The Labute approximate surface area is 67.3 Å². The van der Waals surface area contributed by atoms with E-state index in [1.54, 1.807) is 0 Å². The van der Waals surface area contributed by atoms with Crippen LogP contribution in [-0.2, 0) is 9.84 Å². The first-order chi connectivity index (χ1) is 4.14. The molecule has 1 rings (SSSR count). The summed E-state index contributed by atoms with van der Waals surface area (Å²) in [6.07, 6.45) is 0.763. The van der Waals surface area contributed by atoms with Crippen LogP contribution in [0.2, 0.25) is 0 Å². The maximum absolute atomic E-state index is 10.7. The lowest BCUT2D eigenvalue weighted by atomic mass is 10.1. The lowest BCUT2D eigenvalue weighted by molar-refractivity contribution is -0.00000444.